The van der Waals surface area contributed by atoms with E-state index in [1.165, 1.54) is 18.2 Å². The van der Waals surface area contributed by atoms with Crippen molar-refractivity contribution in [1.29, 1.82) is 0 Å². The van der Waals surface area contributed by atoms with E-state index in [9.17, 15) is 35.3 Å². The Hall–Kier alpha value is -4.55. The molecule has 4 aromatic carbocycles. The number of carbonyl (C=O) groups is 1. The quantitative estimate of drug-likeness (QED) is 0.132. The first kappa shape index (κ1) is 36.7. The second kappa shape index (κ2) is 14.4. The summed E-state index contributed by atoms with van der Waals surface area (Å²) < 4.78 is 87.0. The molecule has 0 saturated heterocycles. The third-order valence-electron chi connectivity index (χ3n) is 8.86. The molecule has 4 aromatic rings. The Morgan fingerprint density at radius 2 is 1.54 bits per heavy atom. The van der Waals surface area contributed by atoms with Crippen LogP contribution in [0, 0.1) is 11.7 Å². The lowest BCUT2D eigenvalue weighted by atomic mass is 9.79. The summed E-state index contributed by atoms with van der Waals surface area (Å²) in [6, 6.07) is 23.9. The molecule has 1 aliphatic heterocycles. The van der Waals surface area contributed by atoms with Crippen molar-refractivity contribution in [2.24, 2.45) is 11.1 Å². The van der Waals surface area contributed by atoms with Gasteiger partial charge in [0.15, 0.2) is 6.10 Å². The molecule has 3 unspecified atom stereocenters. The van der Waals surface area contributed by atoms with E-state index in [2.05, 4.69) is 55.5 Å². The van der Waals surface area contributed by atoms with Crippen molar-refractivity contribution in [3.8, 4) is 11.1 Å². The van der Waals surface area contributed by atoms with E-state index in [0.29, 0.717) is 23.1 Å². The first-order valence-corrected chi connectivity index (χ1v) is 17.6. The van der Waals surface area contributed by atoms with E-state index >= 15 is 0 Å². The Morgan fingerprint density at radius 3 is 2.12 bits per heavy atom. The molecule has 0 radical (unpaired) electrons. The molecular weight excluding hydrogens is 672 g/mol. The molecule has 0 spiro atoms. The number of oxime groups is 1. The summed E-state index contributed by atoms with van der Waals surface area (Å²) in [4.78, 5) is 18.5. The minimum absolute atomic E-state index is 0.0674. The molecule has 5 rings (SSSR count). The molecule has 12 heteroatoms. The first-order valence-electron chi connectivity index (χ1n) is 16.0. The maximum Gasteiger partial charge on any atom is 0.416 e. The van der Waals surface area contributed by atoms with Gasteiger partial charge >= 0.3 is 6.18 Å². The third-order valence-corrected chi connectivity index (χ3v) is 9.57. The zero-order chi connectivity index (χ0) is 36.4. The molecule has 0 saturated carbocycles. The predicted octanol–water partition coefficient (Wildman–Crippen LogP) is 8.17. The molecule has 0 fully saturated rings. The Kier molecular flexibility index (Phi) is 10.5. The number of carbonyl (C=O) groups excluding carboxylic acids is 1. The number of hydrogen-bond acceptors (Lipinski definition) is 6. The van der Waals surface area contributed by atoms with Gasteiger partial charge in [0.2, 0.25) is 0 Å². The van der Waals surface area contributed by atoms with E-state index in [1.54, 1.807) is 36.4 Å². The van der Waals surface area contributed by atoms with E-state index in [4.69, 9.17) is 4.84 Å². The highest BCUT2D eigenvalue weighted by molar-refractivity contribution is 7.85. The molecule has 7 nitrogen and oxygen atoms in total. The highest BCUT2D eigenvalue weighted by Crippen LogP contribution is 2.41. The topological polar surface area (TPSA) is 108 Å². The summed E-state index contributed by atoms with van der Waals surface area (Å²) in [5, 5.41) is 6.97. The fourth-order valence-electron chi connectivity index (χ4n) is 5.99. The van der Waals surface area contributed by atoms with Crippen LogP contribution in [0.15, 0.2) is 96.2 Å². The van der Waals surface area contributed by atoms with Crippen LogP contribution >= 0.6 is 0 Å². The summed E-state index contributed by atoms with van der Waals surface area (Å²) in [6.07, 6.45) is -4.60. The molecule has 0 bridgehead atoms. The van der Waals surface area contributed by atoms with Crippen molar-refractivity contribution >= 4 is 21.7 Å². The Balaban J connectivity index is 1.40. The molecule has 1 N–H and O–H groups in total. The second-order valence-corrected chi connectivity index (χ2v) is 15.0. The molecule has 50 heavy (non-hydrogen) atoms. The molecule has 264 valence electrons. The van der Waals surface area contributed by atoms with Crippen molar-refractivity contribution in [2.75, 3.05) is 12.3 Å². The van der Waals surface area contributed by atoms with E-state index in [1.807, 2.05) is 6.92 Å². The Labute approximate surface area is 289 Å². The Bertz CT molecular complexity index is 1970. The van der Waals surface area contributed by atoms with Crippen LogP contribution in [0.5, 0.6) is 0 Å². The third kappa shape index (κ3) is 8.78. The van der Waals surface area contributed by atoms with Gasteiger partial charge in [-0.15, -0.1) is 0 Å². The van der Waals surface area contributed by atoms with Gasteiger partial charge in [-0.1, -0.05) is 87.4 Å². The summed E-state index contributed by atoms with van der Waals surface area (Å²) in [6.45, 7) is 8.04. The lowest BCUT2D eigenvalue weighted by Gasteiger charge is -2.24. The van der Waals surface area contributed by atoms with Crippen LogP contribution < -0.4 is 5.32 Å². The van der Waals surface area contributed by atoms with Crippen LogP contribution in [0.25, 0.3) is 11.1 Å². The highest BCUT2D eigenvalue weighted by Gasteiger charge is 2.37. The molecule has 0 aromatic heterocycles. The molecular formula is C38H37F4N2O5S-. The standard InChI is InChI=1S/C38H38F4N2O5S/c1-23-34(44-49-35(23)28-13-18-33(39)31(22-28)25-11-16-30(17-12-25)38(40,41)42)32(26-9-14-29(15-10-26)37(2,3)4)21-24-5-7-27(8-6-24)36(45)43-19-20-50(46,47)48/h5-18,22-23,32,35H,19-21H2,1-4H3,(H,43,45)(H,46,47,48)/p-1. The monoisotopic (exact) mass is 709 g/mol. The zero-order valence-electron chi connectivity index (χ0n) is 27.9. The number of alkyl halides is 3. The SMILES string of the molecule is CC1C(C(Cc2ccc(C(=O)NCCS(=O)(=O)[O-])cc2)c2ccc(C(C)(C)C)cc2)=NOC1c1ccc(F)c(-c2ccc(C(F)(F)F)cc2)c1. The number of hydrogen-bond donors (Lipinski definition) is 1. The number of benzene rings is 4. The van der Waals surface area contributed by atoms with Crippen LogP contribution in [0.2, 0.25) is 0 Å². The first-order chi connectivity index (χ1) is 23.4. The van der Waals surface area contributed by atoms with Crippen molar-refractivity contribution in [3.05, 3.63) is 130 Å². The lowest BCUT2D eigenvalue weighted by Crippen LogP contribution is -2.29. The average molecular weight is 710 g/mol. The van der Waals surface area contributed by atoms with Gasteiger partial charge in [0.05, 0.1) is 27.1 Å². The van der Waals surface area contributed by atoms with Gasteiger partial charge in [-0.3, -0.25) is 4.79 Å². The number of halogens is 4. The molecule has 1 amide bonds. The minimum atomic E-state index is -4.51. The zero-order valence-corrected chi connectivity index (χ0v) is 28.7. The number of amides is 1. The van der Waals surface area contributed by atoms with Crippen LogP contribution in [-0.4, -0.2) is 36.9 Å². The van der Waals surface area contributed by atoms with Crippen LogP contribution in [-0.2, 0) is 33.0 Å². The molecule has 1 heterocycles. The maximum absolute atomic E-state index is 15.0. The smallest absolute Gasteiger partial charge is 0.416 e. The fourth-order valence-corrected chi connectivity index (χ4v) is 6.34. The minimum Gasteiger partial charge on any atom is -0.748 e. The van der Waals surface area contributed by atoms with Crippen LogP contribution in [0.4, 0.5) is 17.6 Å². The van der Waals surface area contributed by atoms with Gasteiger partial charge in [0.1, 0.15) is 5.82 Å². The molecule has 3 atom stereocenters. The van der Waals surface area contributed by atoms with Gasteiger partial charge in [-0.2, -0.15) is 13.2 Å². The molecule has 1 aliphatic rings. The van der Waals surface area contributed by atoms with E-state index in [0.717, 1.165) is 34.5 Å². The van der Waals surface area contributed by atoms with Crippen LogP contribution in [0.3, 0.4) is 0 Å². The van der Waals surface area contributed by atoms with Crippen molar-refractivity contribution in [1.82, 2.24) is 5.32 Å². The lowest BCUT2D eigenvalue weighted by molar-refractivity contribution is -0.137. The Morgan fingerprint density at radius 1 is 0.920 bits per heavy atom. The summed E-state index contributed by atoms with van der Waals surface area (Å²) in [7, 11) is -4.45. The summed E-state index contributed by atoms with van der Waals surface area (Å²) in [5.41, 5.74) is 4.25. The van der Waals surface area contributed by atoms with Crippen molar-refractivity contribution in [3.63, 3.8) is 0 Å². The average Bonchev–Trinajstić information content (AvgIpc) is 3.43. The van der Waals surface area contributed by atoms with E-state index in [-0.39, 0.29) is 29.4 Å². The molecule has 0 aliphatic carbocycles. The highest BCUT2D eigenvalue weighted by atomic mass is 32.2. The van der Waals surface area contributed by atoms with Crippen molar-refractivity contribution < 1.29 is 40.2 Å². The summed E-state index contributed by atoms with van der Waals surface area (Å²) >= 11 is 0. The van der Waals surface area contributed by atoms with Crippen LogP contribution in [0.1, 0.15) is 77.9 Å². The van der Waals surface area contributed by atoms with Crippen molar-refractivity contribution in [2.45, 2.75) is 57.7 Å². The second-order valence-electron chi connectivity index (χ2n) is 13.5. The maximum atomic E-state index is 15.0. The van der Waals surface area contributed by atoms with Gasteiger partial charge in [-0.05, 0) is 76.1 Å². The van der Waals surface area contributed by atoms with Gasteiger partial charge in [0, 0.05) is 29.5 Å². The summed E-state index contributed by atoms with van der Waals surface area (Å²) in [5.74, 6) is -2.31. The number of nitrogens with zero attached hydrogens (tertiary/aromatic N) is 1. The number of nitrogens with one attached hydrogen (secondary N) is 1. The van der Waals surface area contributed by atoms with Gasteiger partial charge < -0.3 is 14.7 Å². The predicted molar refractivity (Wildman–Crippen MR) is 182 cm³/mol. The van der Waals surface area contributed by atoms with E-state index < -0.39 is 45.4 Å². The number of rotatable bonds is 10. The van der Waals surface area contributed by atoms with Gasteiger partial charge in [-0.25, -0.2) is 12.8 Å². The van der Waals surface area contributed by atoms with Gasteiger partial charge in [0.25, 0.3) is 5.91 Å². The normalized spacial score (nSPS) is 17.2. The fraction of sp³-hybridized carbons (Fsp3) is 0.316. The largest absolute Gasteiger partial charge is 0.748 e.